The normalized spacial score (nSPS) is 13.8. The maximum absolute atomic E-state index is 12.9. The van der Waals surface area contributed by atoms with Crippen LogP contribution in [0.2, 0.25) is 0 Å². The van der Waals surface area contributed by atoms with Crippen LogP contribution in [-0.2, 0) is 11.0 Å². The summed E-state index contributed by atoms with van der Waals surface area (Å²) >= 11 is 0. The topological polar surface area (TPSA) is 96.0 Å². The minimum Gasteiger partial charge on any atom is -0.368 e. The highest BCUT2D eigenvalue weighted by Gasteiger charge is 2.35. The summed E-state index contributed by atoms with van der Waals surface area (Å²) in [6, 6.07) is 4.85. The van der Waals surface area contributed by atoms with E-state index in [0.29, 0.717) is 0 Å². The molecule has 1 rings (SSSR count). The van der Waals surface area contributed by atoms with Gasteiger partial charge in [-0.05, 0) is 25.5 Å². The summed E-state index contributed by atoms with van der Waals surface area (Å²) in [6.07, 6.45) is -4.78. The van der Waals surface area contributed by atoms with E-state index in [4.69, 9.17) is 11.0 Å². The van der Waals surface area contributed by atoms with E-state index in [1.165, 1.54) is 13.0 Å². The van der Waals surface area contributed by atoms with Gasteiger partial charge in [0.15, 0.2) is 0 Å². The molecule has 0 fully saturated rings. The van der Waals surface area contributed by atoms with Gasteiger partial charge >= 0.3 is 6.18 Å². The first-order valence-corrected chi connectivity index (χ1v) is 6.32. The Kier molecular flexibility index (Phi) is 5.51. The number of carbonyl (C=O) groups excluding carboxylic acids is 2. The number of halogens is 3. The number of rotatable bonds is 5. The standard InChI is InChI=1S/C14H14F3N3O2/c1-8(7-18)6-11(12(19)21)20-13(22)9-4-2-3-5-10(9)14(15,16)17/h2-5,8,11H,6H2,1H3,(H2,19,21)(H,20,22)/t8-,11-/m0/s1. The Bertz CT molecular complexity index is 608. The number of primary amides is 1. The van der Waals surface area contributed by atoms with Crippen LogP contribution in [0.1, 0.15) is 29.3 Å². The van der Waals surface area contributed by atoms with Gasteiger partial charge in [0, 0.05) is 5.92 Å². The van der Waals surface area contributed by atoms with Gasteiger partial charge in [-0.3, -0.25) is 9.59 Å². The average molecular weight is 313 g/mol. The summed E-state index contributed by atoms with van der Waals surface area (Å²) < 4.78 is 38.6. The first-order valence-electron chi connectivity index (χ1n) is 6.32. The van der Waals surface area contributed by atoms with Crippen molar-refractivity contribution in [3.8, 4) is 6.07 Å². The van der Waals surface area contributed by atoms with Crippen molar-refractivity contribution in [1.82, 2.24) is 5.32 Å². The van der Waals surface area contributed by atoms with Gasteiger partial charge in [-0.1, -0.05) is 12.1 Å². The highest BCUT2D eigenvalue weighted by molar-refractivity contribution is 5.98. The third-order valence-electron chi connectivity index (χ3n) is 2.94. The number of hydrogen-bond donors (Lipinski definition) is 2. The van der Waals surface area contributed by atoms with Crippen molar-refractivity contribution in [2.75, 3.05) is 0 Å². The molecule has 0 bridgehead atoms. The largest absolute Gasteiger partial charge is 0.417 e. The molecule has 0 aliphatic carbocycles. The van der Waals surface area contributed by atoms with Gasteiger partial charge in [0.2, 0.25) is 5.91 Å². The first kappa shape index (κ1) is 17.5. The number of nitrogens with one attached hydrogen (secondary N) is 1. The van der Waals surface area contributed by atoms with Crippen LogP contribution in [0.5, 0.6) is 0 Å². The molecule has 0 radical (unpaired) electrons. The zero-order valence-electron chi connectivity index (χ0n) is 11.6. The number of nitrogens with two attached hydrogens (primary N) is 1. The van der Waals surface area contributed by atoms with Crippen LogP contribution in [0.4, 0.5) is 13.2 Å². The van der Waals surface area contributed by atoms with E-state index in [0.717, 1.165) is 18.2 Å². The number of benzene rings is 1. The second-order valence-corrected chi connectivity index (χ2v) is 4.74. The second kappa shape index (κ2) is 6.93. The van der Waals surface area contributed by atoms with Crippen molar-refractivity contribution >= 4 is 11.8 Å². The van der Waals surface area contributed by atoms with E-state index in [1.54, 1.807) is 0 Å². The summed E-state index contributed by atoms with van der Waals surface area (Å²) in [5.41, 5.74) is 3.39. The van der Waals surface area contributed by atoms with Crippen LogP contribution in [-0.4, -0.2) is 17.9 Å². The van der Waals surface area contributed by atoms with Crippen molar-refractivity contribution in [1.29, 1.82) is 5.26 Å². The third kappa shape index (κ3) is 4.48. The molecular weight excluding hydrogens is 299 g/mol. The molecule has 0 heterocycles. The molecule has 0 spiro atoms. The molecule has 0 aromatic heterocycles. The van der Waals surface area contributed by atoms with E-state index in [9.17, 15) is 22.8 Å². The molecule has 22 heavy (non-hydrogen) atoms. The molecule has 118 valence electrons. The molecule has 0 saturated heterocycles. The van der Waals surface area contributed by atoms with Crippen molar-refractivity contribution in [2.45, 2.75) is 25.6 Å². The van der Waals surface area contributed by atoms with Gasteiger partial charge in [-0.15, -0.1) is 0 Å². The molecule has 0 unspecified atom stereocenters. The van der Waals surface area contributed by atoms with E-state index < -0.39 is 41.1 Å². The number of hydrogen-bond acceptors (Lipinski definition) is 3. The van der Waals surface area contributed by atoms with Crippen LogP contribution >= 0.6 is 0 Å². The predicted molar refractivity (Wildman–Crippen MR) is 71.3 cm³/mol. The molecule has 0 saturated carbocycles. The molecule has 1 aromatic rings. The predicted octanol–water partition coefficient (Wildman–Crippen LogP) is 1.84. The Balaban J connectivity index is 3.02. The number of nitrogens with zero attached hydrogens (tertiary/aromatic N) is 1. The SMILES string of the molecule is C[C@H](C#N)C[C@H](NC(=O)c1ccccc1C(F)(F)F)C(N)=O. The summed E-state index contributed by atoms with van der Waals surface area (Å²) in [7, 11) is 0. The monoisotopic (exact) mass is 313 g/mol. The van der Waals surface area contributed by atoms with Crippen LogP contribution in [0.3, 0.4) is 0 Å². The van der Waals surface area contributed by atoms with Gasteiger partial charge < -0.3 is 11.1 Å². The van der Waals surface area contributed by atoms with E-state index >= 15 is 0 Å². The Morgan fingerprint density at radius 2 is 1.95 bits per heavy atom. The Morgan fingerprint density at radius 3 is 2.45 bits per heavy atom. The number of alkyl halides is 3. The highest BCUT2D eigenvalue weighted by Crippen LogP contribution is 2.31. The fourth-order valence-electron chi connectivity index (χ4n) is 1.82. The fraction of sp³-hybridized carbons (Fsp3) is 0.357. The maximum atomic E-state index is 12.9. The Morgan fingerprint density at radius 1 is 1.36 bits per heavy atom. The van der Waals surface area contributed by atoms with Crippen LogP contribution < -0.4 is 11.1 Å². The summed E-state index contributed by atoms with van der Waals surface area (Å²) in [4.78, 5) is 23.3. The van der Waals surface area contributed by atoms with E-state index in [-0.39, 0.29) is 6.42 Å². The third-order valence-corrected chi connectivity index (χ3v) is 2.94. The van der Waals surface area contributed by atoms with Crippen LogP contribution in [0, 0.1) is 17.2 Å². The smallest absolute Gasteiger partial charge is 0.368 e. The van der Waals surface area contributed by atoms with Crippen molar-refractivity contribution in [3.05, 3.63) is 35.4 Å². The average Bonchev–Trinajstić information content (AvgIpc) is 2.45. The lowest BCUT2D eigenvalue weighted by atomic mass is 10.0. The van der Waals surface area contributed by atoms with Crippen molar-refractivity contribution < 1.29 is 22.8 Å². The summed E-state index contributed by atoms with van der Waals surface area (Å²) in [6.45, 7) is 1.51. The molecular formula is C14H14F3N3O2. The molecule has 5 nitrogen and oxygen atoms in total. The zero-order chi connectivity index (χ0) is 16.9. The highest BCUT2D eigenvalue weighted by atomic mass is 19.4. The molecule has 0 aliphatic heterocycles. The first-order chi connectivity index (χ1) is 10.2. The lowest BCUT2D eigenvalue weighted by Crippen LogP contribution is -2.45. The van der Waals surface area contributed by atoms with Crippen LogP contribution in [0.15, 0.2) is 24.3 Å². The minimum atomic E-state index is -4.70. The minimum absolute atomic E-state index is 0.0776. The second-order valence-electron chi connectivity index (χ2n) is 4.74. The molecule has 0 aliphatic rings. The number of amides is 2. The summed E-state index contributed by atoms with van der Waals surface area (Å²) in [5, 5.41) is 10.8. The van der Waals surface area contributed by atoms with Gasteiger partial charge in [-0.25, -0.2) is 0 Å². The zero-order valence-corrected chi connectivity index (χ0v) is 11.6. The Labute approximate surface area is 124 Å². The van der Waals surface area contributed by atoms with E-state index in [1.807, 2.05) is 6.07 Å². The number of carbonyl (C=O) groups is 2. The Hall–Kier alpha value is -2.56. The number of nitriles is 1. The van der Waals surface area contributed by atoms with E-state index in [2.05, 4.69) is 5.32 Å². The quantitative estimate of drug-likeness (QED) is 0.868. The fourth-order valence-corrected chi connectivity index (χ4v) is 1.82. The summed E-state index contributed by atoms with van der Waals surface area (Å²) in [5.74, 6) is -2.57. The molecule has 2 amide bonds. The lowest BCUT2D eigenvalue weighted by molar-refractivity contribution is -0.137. The molecule has 3 N–H and O–H groups in total. The van der Waals surface area contributed by atoms with Gasteiger partial charge in [-0.2, -0.15) is 18.4 Å². The van der Waals surface area contributed by atoms with Crippen LogP contribution in [0.25, 0.3) is 0 Å². The lowest BCUT2D eigenvalue weighted by Gasteiger charge is -2.18. The van der Waals surface area contributed by atoms with Gasteiger partial charge in [0.25, 0.3) is 5.91 Å². The molecule has 1 aromatic carbocycles. The molecule has 2 atom stereocenters. The van der Waals surface area contributed by atoms with Gasteiger partial charge in [0.05, 0.1) is 17.2 Å². The maximum Gasteiger partial charge on any atom is 0.417 e. The van der Waals surface area contributed by atoms with Gasteiger partial charge in [0.1, 0.15) is 6.04 Å². The van der Waals surface area contributed by atoms with Crippen molar-refractivity contribution in [3.63, 3.8) is 0 Å². The molecule has 8 heteroatoms. The van der Waals surface area contributed by atoms with Crippen molar-refractivity contribution in [2.24, 2.45) is 11.7 Å².